The van der Waals surface area contributed by atoms with Crippen LogP contribution < -0.4 is 10.6 Å². The number of ether oxygens (including phenoxy) is 1. The van der Waals surface area contributed by atoms with E-state index in [2.05, 4.69) is 28.1 Å². The van der Waals surface area contributed by atoms with Crippen LogP contribution in [0.15, 0.2) is 30.3 Å². The van der Waals surface area contributed by atoms with Crippen molar-refractivity contribution in [1.29, 1.82) is 0 Å². The van der Waals surface area contributed by atoms with Crippen LogP contribution in [0.3, 0.4) is 0 Å². The highest BCUT2D eigenvalue weighted by atomic mass is 32.1. The molecule has 1 unspecified atom stereocenters. The third-order valence-electron chi connectivity index (χ3n) is 8.21. The first-order valence-corrected chi connectivity index (χ1v) is 14.3. The van der Waals surface area contributed by atoms with Gasteiger partial charge in [0.05, 0.1) is 12.6 Å². The first-order valence-electron chi connectivity index (χ1n) is 13.5. The van der Waals surface area contributed by atoms with Gasteiger partial charge in [0, 0.05) is 30.4 Å². The molecule has 1 aromatic carbocycles. The van der Waals surface area contributed by atoms with Gasteiger partial charge in [0.25, 0.3) is 5.91 Å². The average Bonchev–Trinajstić information content (AvgIpc) is 3.55. The van der Waals surface area contributed by atoms with Crippen LogP contribution >= 0.6 is 11.3 Å². The summed E-state index contributed by atoms with van der Waals surface area (Å²) in [6, 6.07) is 10.4. The molecule has 0 bridgehead atoms. The monoisotopic (exact) mass is 535 g/mol. The number of anilines is 1. The lowest BCUT2D eigenvalue weighted by atomic mass is 9.74. The zero-order chi connectivity index (χ0) is 26.2. The molecule has 38 heavy (non-hydrogen) atoms. The number of pyridine rings is 1. The van der Waals surface area contributed by atoms with Gasteiger partial charge in [0.1, 0.15) is 17.0 Å². The van der Waals surface area contributed by atoms with Crippen LogP contribution in [0.2, 0.25) is 0 Å². The van der Waals surface area contributed by atoms with Gasteiger partial charge in [-0.2, -0.15) is 0 Å². The van der Waals surface area contributed by atoms with E-state index < -0.39 is 5.91 Å². The normalized spacial score (nSPS) is 21.4. The van der Waals surface area contributed by atoms with E-state index in [0.29, 0.717) is 18.2 Å². The van der Waals surface area contributed by atoms with E-state index in [9.17, 15) is 14.7 Å². The number of fused-ring (bicyclic) bond motifs is 2. The second kappa shape index (κ2) is 10.6. The van der Waals surface area contributed by atoms with E-state index in [1.165, 1.54) is 22.5 Å². The molecule has 4 heterocycles. The van der Waals surface area contributed by atoms with Crippen molar-refractivity contribution in [3.8, 4) is 0 Å². The molecule has 2 aromatic heterocycles. The van der Waals surface area contributed by atoms with Crippen molar-refractivity contribution < 1.29 is 19.4 Å². The van der Waals surface area contributed by atoms with Gasteiger partial charge in [-0.1, -0.05) is 23.5 Å². The fraction of sp³-hybridized carbons (Fsp3) is 0.500. The zero-order valence-electron chi connectivity index (χ0n) is 21.3. The number of amides is 2. The molecule has 10 heteroatoms. The molecule has 3 aliphatic rings. The molecule has 0 radical (unpaired) electrons. The highest BCUT2D eigenvalue weighted by Crippen LogP contribution is 2.44. The van der Waals surface area contributed by atoms with Gasteiger partial charge in [-0.15, -0.1) is 0 Å². The van der Waals surface area contributed by atoms with Crippen molar-refractivity contribution in [2.45, 2.75) is 56.5 Å². The number of benzene rings is 1. The first-order chi connectivity index (χ1) is 18.5. The minimum absolute atomic E-state index is 0.187. The molecule has 2 amide bonds. The predicted octanol–water partition coefficient (Wildman–Crippen LogP) is 3.80. The lowest BCUT2D eigenvalue weighted by molar-refractivity contribution is 0.0805. The van der Waals surface area contributed by atoms with Crippen molar-refractivity contribution in [2.75, 3.05) is 37.7 Å². The maximum Gasteiger partial charge on any atom is 0.414 e. The molecule has 2 saturated heterocycles. The quantitative estimate of drug-likeness (QED) is 0.472. The zero-order valence-corrected chi connectivity index (χ0v) is 22.2. The van der Waals surface area contributed by atoms with E-state index >= 15 is 0 Å². The Kier molecular flexibility index (Phi) is 7.03. The molecule has 3 N–H and O–H groups in total. The van der Waals surface area contributed by atoms with Gasteiger partial charge in [-0.05, 0) is 80.3 Å². The Morgan fingerprint density at radius 3 is 2.66 bits per heavy atom. The van der Waals surface area contributed by atoms with E-state index in [4.69, 9.17) is 15.5 Å². The number of aliphatic hydroxyl groups is 1. The van der Waals surface area contributed by atoms with Crippen molar-refractivity contribution in [3.63, 3.8) is 0 Å². The predicted molar refractivity (Wildman–Crippen MR) is 146 cm³/mol. The summed E-state index contributed by atoms with van der Waals surface area (Å²) >= 11 is 1.26. The molecule has 2 atom stereocenters. The van der Waals surface area contributed by atoms with Crippen molar-refractivity contribution in [1.82, 2.24) is 14.9 Å². The van der Waals surface area contributed by atoms with Gasteiger partial charge in [0.15, 0.2) is 5.01 Å². The summed E-state index contributed by atoms with van der Waals surface area (Å²) in [5, 5.41) is 10.2. The number of aromatic nitrogens is 2. The highest BCUT2D eigenvalue weighted by molar-refractivity contribution is 7.19. The highest BCUT2D eigenvalue weighted by Gasteiger charge is 2.32. The second-order valence-corrected chi connectivity index (χ2v) is 11.5. The van der Waals surface area contributed by atoms with Gasteiger partial charge < -0.3 is 20.5 Å². The van der Waals surface area contributed by atoms with Gasteiger partial charge >= 0.3 is 6.09 Å². The molecule has 0 saturated carbocycles. The Morgan fingerprint density at radius 1 is 1.16 bits per heavy atom. The number of aryl methyl sites for hydroxylation is 1. The van der Waals surface area contributed by atoms with Crippen LogP contribution in [0.4, 0.5) is 10.5 Å². The Bertz CT molecular complexity index is 1340. The molecule has 2 fully saturated rings. The summed E-state index contributed by atoms with van der Waals surface area (Å²) in [7, 11) is 0. The summed E-state index contributed by atoms with van der Waals surface area (Å²) in [4.78, 5) is 38.2. The summed E-state index contributed by atoms with van der Waals surface area (Å²) in [5.41, 5.74) is 10.6. The van der Waals surface area contributed by atoms with Crippen LogP contribution in [-0.2, 0) is 11.2 Å². The van der Waals surface area contributed by atoms with Crippen LogP contribution in [0.5, 0.6) is 0 Å². The molecular weight excluding hydrogens is 502 g/mol. The Hall–Kier alpha value is -3.08. The number of nitrogens with two attached hydrogens (primary N) is 1. The second-order valence-electron chi connectivity index (χ2n) is 10.6. The number of cyclic esters (lactones) is 1. The number of rotatable bonds is 7. The molecule has 9 nitrogen and oxygen atoms in total. The Labute approximate surface area is 225 Å². The number of carbonyl (C=O) groups excluding carboxylic acids is 2. The number of thiazole rings is 1. The van der Waals surface area contributed by atoms with Crippen molar-refractivity contribution in [2.24, 2.45) is 5.73 Å². The third kappa shape index (κ3) is 5.00. The summed E-state index contributed by atoms with van der Waals surface area (Å²) < 4.78 is 5.12. The van der Waals surface area contributed by atoms with Crippen LogP contribution in [-0.4, -0.2) is 70.9 Å². The number of aliphatic hydroxyl groups excluding tert-OH is 1. The molecule has 200 valence electrons. The number of carbonyl (C=O) groups is 2. The molecule has 3 aromatic rings. The molecule has 1 aliphatic carbocycles. The number of likely N-dealkylation sites (tertiary alicyclic amines) is 1. The smallest absolute Gasteiger partial charge is 0.414 e. The third-order valence-corrected chi connectivity index (χ3v) is 9.19. The number of nitrogens with zero attached hydrogens (tertiary/aromatic N) is 4. The molecule has 2 aliphatic heterocycles. The van der Waals surface area contributed by atoms with Gasteiger partial charge in [-0.3, -0.25) is 9.69 Å². The van der Waals surface area contributed by atoms with Crippen LogP contribution in [0.1, 0.15) is 70.6 Å². The topological polar surface area (TPSA) is 122 Å². The number of piperidine rings is 1. The summed E-state index contributed by atoms with van der Waals surface area (Å²) in [5.74, 6) is -0.0387. The lowest BCUT2D eigenvalue weighted by Gasteiger charge is -2.35. The maximum atomic E-state index is 12.1. The number of hydrogen-bond acceptors (Lipinski definition) is 8. The maximum absolute atomic E-state index is 12.1. The van der Waals surface area contributed by atoms with E-state index in [1.54, 1.807) is 4.90 Å². The number of hydrogen-bond donors (Lipinski definition) is 2. The standard InChI is InChI=1S/C28H33N5O4S/c29-25(35)27-30-23-16-18-2-1-3-22(24(18)31-26(23)38-27)21(10-13-32-11-8-20(34)9-12-32)17-4-6-19(7-5-17)33-14-15-37-28(33)36/h4-7,16,20-22,34H,1-3,8-15H2,(H2,29,35)/t21-,22?/m0/s1. The fourth-order valence-corrected chi connectivity index (χ4v) is 6.96. The minimum atomic E-state index is -0.519. The van der Waals surface area contributed by atoms with Crippen LogP contribution in [0, 0.1) is 0 Å². The largest absolute Gasteiger partial charge is 0.447 e. The van der Waals surface area contributed by atoms with E-state index in [1.807, 2.05) is 12.1 Å². The Morgan fingerprint density at radius 2 is 1.95 bits per heavy atom. The van der Waals surface area contributed by atoms with E-state index in [-0.39, 0.29) is 24.0 Å². The molecular formula is C28H33N5O4S. The van der Waals surface area contributed by atoms with Gasteiger partial charge in [0.2, 0.25) is 0 Å². The first kappa shape index (κ1) is 25.2. The molecule has 6 rings (SSSR count). The fourth-order valence-electron chi connectivity index (χ4n) is 6.18. The SMILES string of the molecule is NC(=O)c1nc2cc3c(nc2s1)C([C@@H](CCN1CCC(O)CC1)c1ccc(N2CCOC2=O)cc1)CCC3. The Balaban J connectivity index is 1.32. The molecule has 0 spiro atoms. The summed E-state index contributed by atoms with van der Waals surface area (Å²) in [6.07, 6.45) is 5.20. The number of primary amides is 1. The van der Waals surface area contributed by atoms with Gasteiger partial charge in [-0.25, -0.2) is 14.8 Å². The van der Waals surface area contributed by atoms with Crippen LogP contribution in [0.25, 0.3) is 10.3 Å². The lowest BCUT2D eigenvalue weighted by Crippen LogP contribution is -2.37. The van der Waals surface area contributed by atoms with Crippen molar-refractivity contribution >= 4 is 39.4 Å². The summed E-state index contributed by atoms with van der Waals surface area (Å²) in [6.45, 7) is 3.78. The average molecular weight is 536 g/mol. The van der Waals surface area contributed by atoms with Crippen molar-refractivity contribution in [3.05, 3.63) is 52.2 Å². The van der Waals surface area contributed by atoms with E-state index in [0.717, 1.165) is 79.9 Å². The minimum Gasteiger partial charge on any atom is -0.447 e.